The van der Waals surface area contributed by atoms with Gasteiger partial charge in [-0.3, -0.25) is 9.69 Å². The van der Waals surface area contributed by atoms with Gasteiger partial charge in [0.15, 0.2) is 5.89 Å². The molecule has 1 atom stereocenters. The summed E-state index contributed by atoms with van der Waals surface area (Å²) in [6, 6.07) is 2.07. The molecule has 0 N–H and O–H groups in total. The van der Waals surface area contributed by atoms with Crippen LogP contribution >= 0.6 is 0 Å². The highest BCUT2D eigenvalue weighted by molar-refractivity contribution is 5.78. The van der Waals surface area contributed by atoms with E-state index in [0.717, 1.165) is 25.9 Å². The highest BCUT2D eigenvalue weighted by Crippen LogP contribution is 2.23. The Bertz CT molecular complexity index is 878. The summed E-state index contributed by atoms with van der Waals surface area (Å²) in [4.78, 5) is 37.0. The van der Waals surface area contributed by atoms with Crippen LogP contribution < -0.4 is 4.90 Å². The van der Waals surface area contributed by atoms with Crippen LogP contribution in [0.25, 0.3) is 0 Å². The molecule has 0 radical (unpaired) electrons. The molecule has 0 spiro atoms. The number of piperazine rings is 1. The molecule has 10 nitrogen and oxygen atoms in total. The number of nitriles is 1. The Kier molecular flexibility index (Phi) is 7.84. The van der Waals surface area contributed by atoms with Gasteiger partial charge in [0, 0.05) is 53.2 Å². The van der Waals surface area contributed by atoms with Crippen LogP contribution in [0, 0.1) is 24.2 Å². The van der Waals surface area contributed by atoms with Gasteiger partial charge in [0.1, 0.15) is 11.7 Å². The van der Waals surface area contributed by atoms with Crippen molar-refractivity contribution < 1.29 is 18.7 Å². The summed E-state index contributed by atoms with van der Waals surface area (Å²) in [6.07, 6.45) is 1.74. The minimum absolute atomic E-state index is 0.116. The monoisotopic (exact) mass is 460 g/mol. The SMILES string of the molecule is Cc1nc(C#N)c(N2CCN(C(=O)CN3CCCC(CN(C)C(=O)OC(C)(C)C)C3)CC2)o1. The molecule has 10 heteroatoms. The summed E-state index contributed by atoms with van der Waals surface area (Å²) >= 11 is 0. The standard InChI is InChI=1S/C23H36N6O4/c1-17-25-19(13-24)21(32-17)29-11-9-28(10-12-29)20(30)16-27-8-6-7-18(15-27)14-26(5)22(31)33-23(2,3)4/h18H,6-12,14-16H2,1-5H3. The maximum absolute atomic E-state index is 12.9. The average Bonchev–Trinajstić information content (AvgIpc) is 3.13. The van der Waals surface area contributed by atoms with Gasteiger partial charge in [-0.15, -0.1) is 0 Å². The summed E-state index contributed by atoms with van der Waals surface area (Å²) in [5.41, 5.74) is -0.217. The average molecular weight is 461 g/mol. The topological polar surface area (TPSA) is 106 Å². The molecule has 2 saturated heterocycles. The second-order valence-electron chi connectivity index (χ2n) is 9.97. The minimum Gasteiger partial charge on any atom is -0.444 e. The van der Waals surface area contributed by atoms with E-state index in [9.17, 15) is 14.9 Å². The molecule has 3 rings (SSSR count). The third-order valence-electron chi connectivity index (χ3n) is 5.94. The fourth-order valence-electron chi connectivity index (χ4n) is 4.40. The van der Waals surface area contributed by atoms with Crippen molar-refractivity contribution >= 4 is 17.9 Å². The first-order valence-electron chi connectivity index (χ1n) is 11.6. The number of aryl methyl sites for hydroxylation is 1. The molecular weight excluding hydrogens is 424 g/mol. The number of hydrogen-bond donors (Lipinski definition) is 0. The molecule has 1 unspecified atom stereocenters. The van der Waals surface area contributed by atoms with Crippen LogP contribution in [0.15, 0.2) is 4.42 Å². The van der Waals surface area contributed by atoms with Gasteiger partial charge in [-0.2, -0.15) is 5.26 Å². The summed E-state index contributed by atoms with van der Waals surface area (Å²) < 4.78 is 11.0. The van der Waals surface area contributed by atoms with Gasteiger partial charge in [-0.25, -0.2) is 9.78 Å². The Morgan fingerprint density at radius 1 is 1.24 bits per heavy atom. The lowest BCUT2D eigenvalue weighted by Gasteiger charge is -2.38. The van der Waals surface area contributed by atoms with E-state index in [2.05, 4.69) is 16.0 Å². The van der Waals surface area contributed by atoms with Crippen LogP contribution in [-0.2, 0) is 9.53 Å². The summed E-state index contributed by atoms with van der Waals surface area (Å²) in [5, 5.41) is 9.24. The van der Waals surface area contributed by atoms with Crippen molar-refractivity contribution in [2.24, 2.45) is 5.92 Å². The number of rotatable bonds is 5. The Balaban J connectivity index is 1.46. The maximum atomic E-state index is 12.9. The fourth-order valence-corrected chi connectivity index (χ4v) is 4.40. The molecule has 2 aliphatic heterocycles. The Morgan fingerprint density at radius 3 is 2.58 bits per heavy atom. The molecule has 3 heterocycles. The first-order valence-corrected chi connectivity index (χ1v) is 11.6. The number of amides is 2. The third kappa shape index (κ3) is 6.84. The normalized spacial score (nSPS) is 19.8. The van der Waals surface area contributed by atoms with E-state index in [-0.39, 0.29) is 12.0 Å². The number of carbonyl (C=O) groups excluding carboxylic acids is 2. The van der Waals surface area contributed by atoms with Gasteiger partial charge in [-0.05, 0) is 46.1 Å². The number of oxazole rings is 1. The lowest BCUT2D eigenvalue weighted by Crippen LogP contribution is -2.52. The second kappa shape index (κ2) is 10.4. The van der Waals surface area contributed by atoms with E-state index >= 15 is 0 Å². The van der Waals surface area contributed by atoms with Crippen molar-refractivity contribution in [2.75, 3.05) is 64.3 Å². The second-order valence-corrected chi connectivity index (χ2v) is 9.97. The van der Waals surface area contributed by atoms with E-state index < -0.39 is 5.60 Å². The van der Waals surface area contributed by atoms with E-state index in [1.165, 1.54) is 0 Å². The van der Waals surface area contributed by atoms with Crippen LogP contribution in [0.2, 0.25) is 0 Å². The van der Waals surface area contributed by atoms with Crippen molar-refractivity contribution in [3.8, 4) is 6.07 Å². The van der Waals surface area contributed by atoms with Crippen LogP contribution in [0.5, 0.6) is 0 Å². The molecular formula is C23H36N6O4. The maximum Gasteiger partial charge on any atom is 0.410 e. The number of likely N-dealkylation sites (tertiary alicyclic amines) is 1. The first-order chi connectivity index (χ1) is 15.6. The van der Waals surface area contributed by atoms with Gasteiger partial charge < -0.3 is 23.9 Å². The number of ether oxygens (including phenoxy) is 1. The number of piperidine rings is 1. The molecule has 182 valence electrons. The van der Waals surface area contributed by atoms with Crippen LogP contribution in [0.4, 0.5) is 10.7 Å². The minimum atomic E-state index is -0.511. The van der Waals surface area contributed by atoms with Crippen molar-refractivity contribution in [1.82, 2.24) is 19.7 Å². The molecule has 0 saturated carbocycles. The lowest BCUT2D eigenvalue weighted by molar-refractivity contribution is -0.133. The van der Waals surface area contributed by atoms with Crippen LogP contribution in [0.3, 0.4) is 0 Å². The number of aromatic nitrogens is 1. The smallest absolute Gasteiger partial charge is 0.410 e. The molecule has 0 bridgehead atoms. The van der Waals surface area contributed by atoms with Crippen LogP contribution in [-0.4, -0.2) is 96.7 Å². The zero-order valence-electron chi connectivity index (χ0n) is 20.5. The first kappa shape index (κ1) is 24.8. The van der Waals surface area contributed by atoms with Gasteiger partial charge in [0.05, 0.1) is 6.54 Å². The number of nitrogens with zero attached hydrogens (tertiary/aromatic N) is 6. The Labute approximate surface area is 196 Å². The molecule has 0 aromatic carbocycles. The zero-order valence-corrected chi connectivity index (χ0v) is 20.5. The molecule has 2 amide bonds. The van der Waals surface area contributed by atoms with Crippen molar-refractivity contribution in [2.45, 2.75) is 46.1 Å². The lowest BCUT2D eigenvalue weighted by atomic mass is 9.97. The predicted molar refractivity (Wildman–Crippen MR) is 123 cm³/mol. The molecule has 2 aliphatic rings. The fraction of sp³-hybridized carbons (Fsp3) is 0.739. The number of hydrogen-bond acceptors (Lipinski definition) is 8. The van der Waals surface area contributed by atoms with E-state index in [1.54, 1.807) is 18.9 Å². The van der Waals surface area contributed by atoms with Gasteiger partial charge in [0.2, 0.25) is 17.5 Å². The van der Waals surface area contributed by atoms with E-state index in [1.807, 2.05) is 30.6 Å². The highest BCUT2D eigenvalue weighted by Gasteiger charge is 2.29. The number of carbonyl (C=O) groups is 2. The number of anilines is 1. The van der Waals surface area contributed by atoms with E-state index in [4.69, 9.17) is 9.15 Å². The molecule has 2 fully saturated rings. The Hall–Kier alpha value is -2.80. The van der Waals surface area contributed by atoms with Gasteiger partial charge in [-0.1, -0.05) is 0 Å². The van der Waals surface area contributed by atoms with Gasteiger partial charge >= 0.3 is 6.09 Å². The highest BCUT2D eigenvalue weighted by atomic mass is 16.6. The van der Waals surface area contributed by atoms with Crippen molar-refractivity contribution in [3.63, 3.8) is 0 Å². The van der Waals surface area contributed by atoms with Gasteiger partial charge in [0.25, 0.3) is 0 Å². The quantitative estimate of drug-likeness (QED) is 0.658. The predicted octanol–water partition coefficient (Wildman–Crippen LogP) is 2.08. The Morgan fingerprint density at radius 2 is 1.94 bits per heavy atom. The van der Waals surface area contributed by atoms with Crippen molar-refractivity contribution in [1.29, 1.82) is 5.26 Å². The molecule has 0 aliphatic carbocycles. The van der Waals surface area contributed by atoms with E-state index in [0.29, 0.717) is 62.7 Å². The summed E-state index contributed by atoms with van der Waals surface area (Å²) in [7, 11) is 1.77. The molecule has 1 aromatic heterocycles. The van der Waals surface area contributed by atoms with Crippen molar-refractivity contribution in [3.05, 3.63) is 11.6 Å². The largest absolute Gasteiger partial charge is 0.444 e. The third-order valence-corrected chi connectivity index (χ3v) is 5.94. The zero-order chi connectivity index (χ0) is 24.2. The summed E-state index contributed by atoms with van der Waals surface area (Å²) in [5.74, 6) is 1.40. The summed E-state index contributed by atoms with van der Waals surface area (Å²) in [6.45, 7) is 12.4. The molecule has 33 heavy (non-hydrogen) atoms. The molecule has 1 aromatic rings. The van der Waals surface area contributed by atoms with Crippen LogP contribution in [0.1, 0.15) is 45.2 Å².